The molecule has 31 heavy (non-hydrogen) atoms. The zero-order valence-electron chi connectivity index (χ0n) is 16.5. The highest BCUT2D eigenvalue weighted by Crippen LogP contribution is 2.44. The number of amides is 1. The van der Waals surface area contributed by atoms with Crippen LogP contribution in [0.15, 0.2) is 36.9 Å². The van der Waals surface area contributed by atoms with Crippen molar-refractivity contribution in [2.75, 3.05) is 17.7 Å². The summed E-state index contributed by atoms with van der Waals surface area (Å²) in [6.45, 7) is 2.11. The molecule has 0 unspecified atom stereocenters. The topological polar surface area (TPSA) is 111 Å². The molecule has 0 aliphatic carbocycles. The summed E-state index contributed by atoms with van der Waals surface area (Å²) >= 11 is 1.53. The summed E-state index contributed by atoms with van der Waals surface area (Å²) in [5.74, 6) is 4.45. The van der Waals surface area contributed by atoms with E-state index >= 15 is 0 Å². The average Bonchev–Trinajstić information content (AvgIpc) is 3.33. The molecule has 10 heteroatoms. The molecule has 1 aliphatic rings. The Hall–Kier alpha value is -3.84. The first-order chi connectivity index (χ1) is 15.2. The Morgan fingerprint density at radius 1 is 1.35 bits per heavy atom. The Bertz CT molecular complexity index is 1340. The number of rotatable bonds is 4. The minimum Gasteiger partial charge on any atom is -0.481 e. The van der Waals surface area contributed by atoms with Crippen LogP contribution in [0.4, 0.5) is 5.82 Å². The third-order valence-electron chi connectivity index (χ3n) is 4.89. The highest BCUT2D eigenvalue weighted by molar-refractivity contribution is 8.00. The van der Waals surface area contributed by atoms with Crippen molar-refractivity contribution in [3.05, 3.63) is 53.7 Å². The number of carbonyl (C=O) groups is 1. The van der Waals surface area contributed by atoms with E-state index in [1.54, 1.807) is 11.0 Å². The third kappa shape index (κ3) is 3.39. The van der Waals surface area contributed by atoms with Crippen molar-refractivity contribution in [1.82, 2.24) is 29.7 Å². The lowest BCUT2D eigenvalue weighted by Crippen LogP contribution is -2.16. The number of carbonyl (C=O) groups excluding carboxylic acids is 1. The van der Waals surface area contributed by atoms with Crippen LogP contribution in [0.2, 0.25) is 0 Å². The number of nitrogens with one attached hydrogen (secondary N) is 2. The quantitative estimate of drug-likeness (QED) is 0.478. The van der Waals surface area contributed by atoms with Gasteiger partial charge in [-0.3, -0.25) is 4.79 Å². The second-order valence-electron chi connectivity index (χ2n) is 6.86. The number of benzene rings is 1. The predicted molar refractivity (Wildman–Crippen MR) is 117 cm³/mol. The van der Waals surface area contributed by atoms with E-state index in [0.717, 1.165) is 16.8 Å². The monoisotopic (exact) mass is 431 g/mol. The molecule has 1 aromatic carbocycles. The van der Waals surface area contributed by atoms with Crippen molar-refractivity contribution in [3.8, 4) is 23.9 Å². The van der Waals surface area contributed by atoms with Gasteiger partial charge < -0.3 is 15.0 Å². The number of H-pyrrole nitrogens is 1. The van der Waals surface area contributed by atoms with Crippen LogP contribution in [0.1, 0.15) is 22.1 Å². The summed E-state index contributed by atoms with van der Waals surface area (Å²) in [4.78, 5) is 28.4. The molecule has 0 fully saturated rings. The molecule has 3 aromatic heterocycles. The molecular formula is C21H17N7O2S. The van der Waals surface area contributed by atoms with Gasteiger partial charge in [-0.1, -0.05) is 18.1 Å². The van der Waals surface area contributed by atoms with E-state index in [4.69, 9.17) is 16.3 Å². The molecule has 2 N–H and O–H groups in total. The molecule has 1 atom stereocenters. The van der Waals surface area contributed by atoms with Crippen molar-refractivity contribution in [2.45, 2.75) is 12.2 Å². The molecule has 5 rings (SSSR count). The first kappa shape index (κ1) is 19.1. The van der Waals surface area contributed by atoms with Crippen LogP contribution in [0, 0.1) is 19.3 Å². The Labute approximate surface area is 181 Å². The first-order valence-electron chi connectivity index (χ1n) is 9.47. The van der Waals surface area contributed by atoms with E-state index in [-0.39, 0.29) is 17.8 Å². The fourth-order valence-corrected chi connectivity index (χ4v) is 4.78. The van der Waals surface area contributed by atoms with Crippen LogP contribution >= 0.6 is 11.8 Å². The van der Waals surface area contributed by atoms with E-state index in [1.807, 2.05) is 31.2 Å². The average molecular weight is 431 g/mol. The molecular weight excluding hydrogens is 414 g/mol. The molecule has 4 heterocycles. The minimum absolute atomic E-state index is 0.107. The maximum atomic E-state index is 12.6. The Balaban J connectivity index is 1.66. The van der Waals surface area contributed by atoms with Crippen LogP contribution in [0.25, 0.3) is 17.0 Å². The highest BCUT2D eigenvalue weighted by Gasteiger charge is 2.31. The number of fused-ring (bicyclic) bond motifs is 2. The number of aryl methyl sites for hydroxylation is 1. The predicted octanol–water partition coefficient (Wildman–Crippen LogP) is 2.63. The van der Waals surface area contributed by atoms with Gasteiger partial charge in [0.15, 0.2) is 11.5 Å². The number of hydrogen-bond donors (Lipinski definition) is 2. The van der Waals surface area contributed by atoms with Gasteiger partial charge in [0.1, 0.15) is 30.0 Å². The van der Waals surface area contributed by atoms with Crippen LogP contribution in [0.5, 0.6) is 5.75 Å². The maximum Gasteiger partial charge on any atom is 0.235 e. The second kappa shape index (κ2) is 7.77. The number of hydrogen-bond acceptors (Lipinski definition) is 7. The van der Waals surface area contributed by atoms with E-state index in [1.165, 1.54) is 18.1 Å². The fourth-order valence-electron chi connectivity index (χ4n) is 3.61. The largest absolute Gasteiger partial charge is 0.481 e. The van der Waals surface area contributed by atoms with Crippen LogP contribution in [-0.4, -0.2) is 48.0 Å². The van der Waals surface area contributed by atoms with Gasteiger partial charge in [0, 0.05) is 5.56 Å². The molecule has 4 aromatic rings. The lowest BCUT2D eigenvalue weighted by molar-refractivity contribution is -0.113. The van der Waals surface area contributed by atoms with Crippen molar-refractivity contribution in [1.29, 1.82) is 0 Å². The van der Waals surface area contributed by atoms with Crippen molar-refractivity contribution in [3.63, 3.8) is 0 Å². The van der Waals surface area contributed by atoms with Gasteiger partial charge >= 0.3 is 0 Å². The van der Waals surface area contributed by atoms with Gasteiger partial charge in [-0.2, -0.15) is 9.78 Å². The van der Waals surface area contributed by atoms with E-state index < -0.39 is 0 Å². The standard InChI is InChI=1S/C21H17N7O2S/c1-3-7-30-14-6-4-5-13(8-14)18-16-12(2)27-28(20(16)26-15(29)9-31-18)21-17-19(23-10-22-17)24-11-25-21/h1,4-6,8,10-11,18H,7,9H2,2H3,(H,26,29)(H,22,23,24,25)/t18-/m0/s1. The summed E-state index contributed by atoms with van der Waals surface area (Å²) in [5, 5.41) is 7.58. The van der Waals surface area contributed by atoms with Crippen molar-refractivity contribution >= 4 is 34.7 Å². The SMILES string of the molecule is C#CCOc1cccc([C@@H]2SCC(=O)Nc3c2c(C)nn3-c2ncnc3nc[nH]c23)c1. The molecule has 0 bridgehead atoms. The summed E-state index contributed by atoms with van der Waals surface area (Å²) < 4.78 is 7.24. The Morgan fingerprint density at radius 3 is 3.13 bits per heavy atom. The van der Waals surface area contributed by atoms with Gasteiger partial charge in [-0.05, 0) is 24.6 Å². The summed E-state index contributed by atoms with van der Waals surface area (Å²) in [7, 11) is 0. The molecule has 1 aliphatic heterocycles. The van der Waals surface area contributed by atoms with E-state index in [0.29, 0.717) is 34.3 Å². The first-order valence-corrected chi connectivity index (χ1v) is 10.5. The normalized spacial score (nSPS) is 15.7. The Morgan fingerprint density at radius 2 is 2.26 bits per heavy atom. The molecule has 0 saturated carbocycles. The van der Waals surface area contributed by atoms with Gasteiger partial charge in [0.25, 0.3) is 0 Å². The maximum absolute atomic E-state index is 12.6. The van der Waals surface area contributed by atoms with Gasteiger partial charge in [0.05, 0.1) is 23.0 Å². The number of anilines is 1. The highest BCUT2D eigenvalue weighted by atomic mass is 32.2. The summed E-state index contributed by atoms with van der Waals surface area (Å²) in [5.41, 5.74) is 3.86. The number of aromatic amines is 1. The number of aromatic nitrogens is 6. The number of nitrogens with zero attached hydrogens (tertiary/aromatic N) is 5. The van der Waals surface area contributed by atoms with Crippen LogP contribution in [0.3, 0.4) is 0 Å². The number of terminal acetylenes is 1. The van der Waals surface area contributed by atoms with Gasteiger partial charge in [0.2, 0.25) is 5.91 Å². The summed E-state index contributed by atoms with van der Waals surface area (Å²) in [6, 6.07) is 7.73. The summed E-state index contributed by atoms with van der Waals surface area (Å²) in [6.07, 6.45) is 8.29. The van der Waals surface area contributed by atoms with E-state index in [2.05, 4.69) is 31.2 Å². The van der Waals surface area contributed by atoms with Crippen LogP contribution < -0.4 is 10.1 Å². The van der Waals surface area contributed by atoms with Gasteiger partial charge in [-0.25, -0.2) is 15.0 Å². The zero-order chi connectivity index (χ0) is 21.4. The number of ether oxygens (including phenoxy) is 1. The number of imidazole rings is 1. The lowest BCUT2D eigenvalue weighted by atomic mass is 10.0. The molecule has 9 nitrogen and oxygen atoms in total. The fraction of sp³-hybridized carbons (Fsp3) is 0.190. The zero-order valence-corrected chi connectivity index (χ0v) is 17.3. The molecule has 1 amide bonds. The van der Waals surface area contributed by atoms with Gasteiger partial charge in [-0.15, -0.1) is 18.2 Å². The molecule has 0 radical (unpaired) electrons. The Kier molecular flexibility index (Phi) is 4.80. The molecule has 154 valence electrons. The van der Waals surface area contributed by atoms with E-state index in [9.17, 15) is 4.79 Å². The minimum atomic E-state index is -0.129. The number of thioether (sulfide) groups is 1. The second-order valence-corrected chi connectivity index (χ2v) is 7.96. The smallest absolute Gasteiger partial charge is 0.235 e. The molecule has 0 spiro atoms. The third-order valence-corrected chi connectivity index (χ3v) is 6.16. The molecule has 0 saturated heterocycles. The lowest BCUT2D eigenvalue weighted by Gasteiger charge is -2.16. The van der Waals surface area contributed by atoms with Crippen molar-refractivity contribution in [2.24, 2.45) is 0 Å². The van der Waals surface area contributed by atoms with Crippen molar-refractivity contribution < 1.29 is 9.53 Å². The van der Waals surface area contributed by atoms with Crippen LogP contribution in [-0.2, 0) is 4.79 Å².